The molecule has 2 aromatic carbocycles. The van der Waals surface area contributed by atoms with E-state index in [1.807, 2.05) is 18.2 Å². The van der Waals surface area contributed by atoms with Crippen LogP contribution in [0.15, 0.2) is 47.6 Å². The maximum absolute atomic E-state index is 12.6. The Kier molecular flexibility index (Phi) is 5.52. The lowest BCUT2D eigenvalue weighted by Crippen LogP contribution is -2.28. The van der Waals surface area contributed by atoms with E-state index in [0.717, 1.165) is 11.3 Å². The summed E-state index contributed by atoms with van der Waals surface area (Å²) in [5, 5.41) is 21.5. The van der Waals surface area contributed by atoms with Crippen LogP contribution in [0.5, 0.6) is 17.2 Å². The number of aromatic nitrogens is 4. The number of aromatic hydroxyl groups is 1. The second kappa shape index (κ2) is 8.39. The summed E-state index contributed by atoms with van der Waals surface area (Å²) in [5.41, 5.74) is 1.66. The van der Waals surface area contributed by atoms with Crippen LogP contribution in [0.1, 0.15) is 5.56 Å². The van der Waals surface area contributed by atoms with Crippen molar-refractivity contribution in [1.29, 1.82) is 0 Å². The standard InChI is InChI=1S/C19H19N5O4S/c1-23(11-13-2-7-16-17(10-13)28-9-8-27-16)18(26)12-29-19-20-21-22-24(19)14-3-5-15(25)6-4-14/h2-7,10,25H,8-9,11-12H2,1H3. The zero-order valence-electron chi connectivity index (χ0n) is 15.7. The topological polar surface area (TPSA) is 103 Å². The summed E-state index contributed by atoms with van der Waals surface area (Å²) in [6.07, 6.45) is 0. The highest BCUT2D eigenvalue weighted by Gasteiger charge is 2.16. The van der Waals surface area contributed by atoms with Gasteiger partial charge in [0.1, 0.15) is 19.0 Å². The second-order valence-corrected chi connectivity index (χ2v) is 7.35. The van der Waals surface area contributed by atoms with E-state index in [4.69, 9.17) is 9.47 Å². The number of nitrogens with zero attached hydrogens (tertiary/aromatic N) is 5. The second-order valence-electron chi connectivity index (χ2n) is 6.41. The van der Waals surface area contributed by atoms with Gasteiger partial charge in [-0.05, 0) is 52.4 Å². The summed E-state index contributed by atoms with van der Waals surface area (Å²) >= 11 is 1.25. The van der Waals surface area contributed by atoms with Gasteiger partial charge in [-0.15, -0.1) is 5.10 Å². The number of fused-ring (bicyclic) bond motifs is 1. The van der Waals surface area contributed by atoms with Crippen molar-refractivity contribution >= 4 is 17.7 Å². The SMILES string of the molecule is CN(Cc1ccc2c(c1)OCCO2)C(=O)CSc1nnnn1-c1ccc(O)cc1. The third-order valence-electron chi connectivity index (χ3n) is 4.31. The van der Waals surface area contributed by atoms with E-state index in [-0.39, 0.29) is 17.4 Å². The van der Waals surface area contributed by atoms with Gasteiger partial charge in [0.15, 0.2) is 11.5 Å². The van der Waals surface area contributed by atoms with Crippen LogP contribution in [-0.4, -0.2) is 62.1 Å². The molecule has 1 aromatic heterocycles. The van der Waals surface area contributed by atoms with Gasteiger partial charge < -0.3 is 19.5 Å². The number of rotatable bonds is 6. The van der Waals surface area contributed by atoms with Gasteiger partial charge in [-0.3, -0.25) is 4.79 Å². The lowest BCUT2D eigenvalue weighted by Gasteiger charge is -2.21. The van der Waals surface area contributed by atoms with Crippen molar-refractivity contribution in [2.75, 3.05) is 26.0 Å². The summed E-state index contributed by atoms with van der Waals surface area (Å²) in [5.74, 6) is 1.74. The quantitative estimate of drug-likeness (QED) is 0.611. The Morgan fingerprint density at radius 3 is 2.72 bits per heavy atom. The van der Waals surface area contributed by atoms with Crippen LogP contribution in [0.25, 0.3) is 5.69 Å². The van der Waals surface area contributed by atoms with E-state index >= 15 is 0 Å². The number of phenols is 1. The highest BCUT2D eigenvalue weighted by molar-refractivity contribution is 7.99. The van der Waals surface area contributed by atoms with Crippen LogP contribution in [0.3, 0.4) is 0 Å². The minimum absolute atomic E-state index is 0.0508. The van der Waals surface area contributed by atoms with Crippen molar-refractivity contribution in [3.8, 4) is 22.9 Å². The number of amides is 1. The van der Waals surface area contributed by atoms with Crippen molar-refractivity contribution in [3.63, 3.8) is 0 Å². The molecule has 1 aliphatic rings. The van der Waals surface area contributed by atoms with Gasteiger partial charge in [0.05, 0.1) is 11.4 Å². The Labute approximate surface area is 171 Å². The molecule has 9 nitrogen and oxygen atoms in total. The van der Waals surface area contributed by atoms with E-state index < -0.39 is 0 Å². The maximum Gasteiger partial charge on any atom is 0.233 e. The average Bonchev–Trinajstić information content (AvgIpc) is 3.21. The molecule has 1 amide bonds. The fourth-order valence-electron chi connectivity index (χ4n) is 2.81. The Morgan fingerprint density at radius 1 is 1.17 bits per heavy atom. The van der Waals surface area contributed by atoms with Crippen molar-refractivity contribution < 1.29 is 19.4 Å². The molecule has 0 bridgehead atoms. The Morgan fingerprint density at radius 2 is 1.93 bits per heavy atom. The first-order valence-corrected chi connectivity index (χ1v) is 9.92. The van der Waals surface area contributed by atoms with Crippen LogP contribution in [-0.2, 0) is 11.3 Å². The molecule has 0 atom stereocenters. The first kappa shape index (κ1) is 19.1. The number of carbonyl (C=O) groups excluding carboxylic acids is 1. The van der Waals surface area contributed by atoms with Crippen molar-refractivity contribution in [2.45, 2.75) is 11.7 Å². The number of thioether (sulfide) groups is 1. The first-order valence-electron chi connectivity index (χ1n) is 8.93. The molecule has 10 heteroatoms. The van der Waals surface area contributed by atoms with E-state index in [2.05, 4.69) is 15.5 Å². The molecular formula is C19H19N5O4S. The highest BCUT2D eigenvalue weighted by Crippen LogP contribution is 2.31. The normalized spacial score (nSPS) is 12.6. The Balaban J connectivity index is 1.36. The molecular weight excluding hydrogens is 394 g/mol. The van der Waals surface area contributed by atoms with Crippen LogP contribution >= 0.6 is 11.8 Å². The summed E-state index contributed by atoms with van der Waals surface area (Å²) in [7, 11) is 1.75. The first-order chi connectivity index (χ1) is 14.1. The third kappa shape index (κ3) is 4.43. The molecule has 2 heterocycles. The minimum Gasteiger partial charge on any atom is -0.508 e. The van der Waals surface area contributed by atoms with E-state index in [1.54, 1.807) is 36.2 Å². The molecule has 0 fully saturated rings. The van der Waals surface area contributed by atoms with Crippen LogP contribution < -0.4 is 9.47 Å². The van der Waals surface area contributed by atoms with Crippen molar-refractivity contribution in [3.05, 3.63) is 48.0 Å². The number of hydrogen-bond acceptors (Lipinski definition) is 8. The molecule has 0 unspecified atom stereocenters. The zero-order chi connectivity index (χ0) is 20.2. The fraction of sp³-hybridized carbons (Fsp3) is 0.263. The summed E-state index contributed by atoms with van der Waals surface area (Å²) in [6.45, 7) is 1.53. The highest BCUT2D eigenvalue weighted by atomic mass is 32.2. The molecule has 0 saturated carbocycles. The molecule has 0 saturated heterocycles. The monoisotopic (exact) mass is 413 g/mol. The van der Waals surface area contributed by atoms with Gasteiger partial charge in [-0.2, -0.15) is 4.68 Å². The summed E-state index contributed by atoms with van der Waals surface area (Å²) in [6, 6.07) is 12.2. The van der Waals surface area contributed by atoms with E-state index in [1.165, 1.54) is 16.4 Å². The number of hydrogen-bond donors (Lipinski definition) is 1. The smallest absolute Gasteiger partial charge is 0.233 e. The van der Waals surface area contributed by atoms with Gasteiger partial charge in [0, 0.05) is 13.6 Å². The minimum atomic E-state index is -0.0508. The summed E-state index contributed by atoms with van der Waals surface area (Å²) < 4.78 is 12.6. The lowest BCUT2D eigenvalue weighted by atomic mass is 10.2. The Bertz CT molecular complexity index is 1010. The van der Waals surface area contributed by atoms with Gasteiger partial charge in [0.25, 0.3) is 0 Å². The molecule has 1 aliphatic heterocycles. The maximum atomic E-state index is 12.6. The van der Waals surface area contributed by atoms with Gasteiger partial charge in [0.2, 0.25) is 11.1 Å². The lowest BCUT2D eigenvalue weighted by molar-refractivity contribution is -0.127. The van der Waals surface area contributed by atoms with Gasteiger partial charge >= 0.3 is 0 Å². The van der Waals surface area contributed by atoms with Crippen LogP contribution in [0.2, 0.25) is 0 Å². The van der Waals surface area contributed by atoms with E-state index in [0.29, 0.717) is 36.4 Å². The largest absolute Gasteiger partial charge is 0.508 e. The van der Waals surface area contributed by atoms with Crippen LogP contribution in [0, 0.1) is 0 Å². The predicted molar refractivity (Wildman–Crippen MR) is 105 cm³/mol. The summed E-state index contributed by atoms with van der Waals surface area (Å²) in [4.78, 5) is 14.2. The number of phenolic OH excluding ortho intramolecular Hbond substituents is 1. The molecule has 1 N–H and O–H groups in total. The molecule has 150 valence electrons. The van der Waals surface area contributed by atoms with Crippen molar-refractivity contribution in [1.82, 2.24) is 25.1 Å². The van der Waals surface area contributed by atoms with Crippen molar-refractivity contribution in [2.24, 2.45) is 0 Å². The third-order valence-corrected chi connectivity index (χ3v) is 5.22. The number of ether oxygens (including phenoxy) is 2. The van der Waals surface area contributed by atoms with Crippen LogP contribution in [0.4, 0.5) is 0 Å². The molecule has 3 aromatic rings. The molecule has 0 aliphatic carbocycles. The molecule has 4 rings (SSSR count). The number of benzene rings is 2. The van der Waals surface area contributed by atoms with Gasteiger partial charge in [-0.25, -0.2) is 0 Å². The molecule has 29 heavy (non-hydrogen) atoms. The average molecular weight is 413 g/mol. The van der Waals surface area contributed by atoms with E-state index in [9.17, 15) is 9.90 Å². The fourth-order valence-corrected chi connectivity index (χ4v) is 3.64. The molecule has 0 spiro atoms. The predicted octanol–water partition coefficient (Wildman–Crippen LogP) is 1.89. The molecule has 0 radical (unpaired) electrons. The number of tetrazole rings is 1. The zero-order valence-corrected chi connectivity index (χ0v) is 16.5. The number of carbonyl (C=O) groups is 1. The Hall–Kier alpha value is -3.27. The van der Waals surface area contributed by atoms with Gasteiger partial charge in [-0.1, -0.05) is 17.8 Å².